The Morgan fingerprint density at radius 2 is 1.49 bits per heavy atom. The molecule has 1 heterocycles. The summed E-state index contributed by atoms with van der Waals surface area (Å²) in [5.74, 6) is -1.74. The van der Waals surface area contributed by atoms with Crippen LogP contribution in [0.15, 0.2) is 89.7 Å². The highest BCUT2D eigenvalue weighted by molar-refractivity contribution is 6.04. The van der Waals surface area contributed by atoms with Gasteiger partial charge in [0.25, 0.3) is 11.5 Å². The Morgan fingerprint density at radius 3 is 2.14 bits per heavy atom. The second kappa shape index (κ2) is 10.4. The second-order valence-electron chi connectivity index (χ2n) is 7.61. The quantitative estimate of drug-likeness (QED) is 0.418. The summed E-state index contributed by atoms with van der Waals surface area (Å²) in [5, 5.41) is 9.30. The molecule has 35 heavy (non-hydrogen) atoms. The fourth-order valence-corrected chi connectivity index (χ4v) is 3.55. The predicted octanol–water partition coefficient (Wildman–Crippen LogP) is 2.80. The average molecular weight is 470 g/mol. The molecule has 4 aromatic rings. The molecule has 2 N–H and O–H groups in total. The zero-order valence-corrected chi connectivity index (χ0v) is 18.8. The summed E-state index contributed by atoms with van der Waals surface area (Å²) < 4.78 is 6.76. The second-order valence-corrected chi connectivity index (χ2v) is 7.61. The van der Waals surface area contributed by atoms with Crippen LogP contribution >= 0.6 is 0 Å². The molecule has 0 spiro atoms. The number of amides is 3. The molecule has 1 unspecified atom stereocenters. The van der Waals surface area contributed by atoms with Crippen LogP contribution in [0.25, 0.3) is 10.8 Å². The molecule has 0 aliphatic heterocycles. The van der Waals surface area contributed by atoms with Gasteiger partial charge in [-0.05, 0) is 11.6 Å². The molecule has 0 radical (unpaired) electrons. The zero-order chi connectivity index (χ0) is 24.8. The van der Waals surface area contributed by atoms with Crippen molar-refractivity contribution in [1.82, 2.24) is 20.4 Å². The van der Waals surface area contributed by atoms with Crippen molar-refractivity contribution in [3.05, 3.63) is 112 Å². The van der Waals surface area contributed by atoms with Gasteiger partial charge in [0, 0.05) is 18.0 Å². The lowest BCUT2D eigenvalue weighted by atomic mass is 10.1. The highest BCUT2D eigenvalue weighted by atomic mass is 16.5. The Balaban J connectivity index is 1.74. The highest BCUT2D eigenvalue weighted by Crippen LogP contribution is 2.22. The van der Waals surface area contributed by atoms with E-state index in [0.29, 0.717) is 10.9 Å². The maximum absolute atomic E-state index is 13.3. The van der Waals surface area contributed by atoms with Crippen molar-refractivity contribution in [1.29, 1.82) is 0 Å². The van der Waals surface area contributed by atoms with Crippen molar-refractivity contribution in [2.24, 2.45) is 0 Å². The first-order valence-corrected chi connectivity index (χ1v) is 10.8. The number of nitrogens with one attached hydrogen (secondary N) is 2. The smallest absolute Gasteiger partial charge is 0.360 e. The number of rotatable bonds is 6. The van der Waals surface area contributed by atoms with Crippen molar-refractivity contribution in [3.8, 4) is 0 Å². The van der Waals surface area contributed by atoms with Crippen molar-refractivity contribution < 1.29 is 19.1 Å². The lowest BCUT2D eigenvalue weighted by molar-refractivity contribution is -0.129. The first kappa shape index (κ1) is 23.4. The van der Waals surface area contributed by atoms with Crippen molar-refractivity contribution in [2.45, 2.75) is 12.6 Å². The number of urea groups is 1. The number of hydrogen-bond acceptors (Lipinski definition) is 6. The number of benzene rings is 3. The Hall–Kier alpha value is -4.79. The van der Waals surface area contributed by atoms with Crippen LogP contribution in [0.2, 0.25) is 0 Å². The number of imide groups is 1. The minimum Gasteiger partial charge on any atom is -0.442 e. The maximum Gasteiger partial charge on any atom is 0.360 e. The fraction of sp³-hybridized carbons (Fsp3) is 0.115. The molecule has 3 aromatic carbocycles. The summed E-state index contributed by atoms with van der Waals surface area (Å²) in [4.78, 5) is 50.9. The van der Waals surface area contributed by atoms with Crippen molar-refractivity contribution in [2.75, 3.05) is 7.05 Å². The minimum absolute atomic E-state index is 0.121. The van der Waals surface area contributed by atoms with E-state index in [1.807, 2.05) is 30.3 Å². The zero-order valence-electron chi connectivity index (χ0n) is 18.8. The summed E-state index contributed by atoms with van der Waals surface area (Å²) >= 11 is 0. The van der Waals surface area contributed by atoms with Crippen LogP contribution in [0.3, 0.4) is 0 Å². The first-order valence-electron chi connectivity index (χ1n) is 10.8. The van der Waals surface area contributed by atoms with Crippen molar-refractivity contribution >= 4 is 28.7 Å². The largest absolute Gasteiger partial charge is 0.442 e. The van der Waals surface area contributed by atoms with Gasteiger partial charge in [-0.15, -0.1) is 0 Å². The monoisotopic (exact) mass is 470 g/mol. The molecule has 4 rings (SSSR count). The molecular formula is C26H22N4O5. The molecular weight excluding hydrogens is 448 g/mol. The summed E-state index contributed by atoms with van der Waals surface area (Å²) in [6.07, 6.45) is -1.42. The maximum atomic E-state index is 13.3. The van der Waals surface area contributed by atoms with E-state index in [4.69, 9.17) is 4.74 Å². The summed E-state index contributed by atoms with van der Waals surface area (Å²) in [6, 6.07) is 23.3. The highest BCUT2D eigenvalue weighted by Gasteiger charge is 2.29. The molecule has 1 aromatic heterocycles. The van der Waals surface area contributed by atoms with Gasteiger partial charge in [0.2, 0.25) is 6.10 Å². The number of esters is 1. The van der Waals surface area contributed by atoms with Gasteiger partial charge in [-0.1, -0.05) is 78.9 Å². The van der Waals surface area contributed by atoms with Gasteiger partial charge in [-0.2, -0.15) is 5.10 Å². The van der Waals surface area contributed by atoms with Crippen LogP contribution in [0.4, 0.5) is 4.79 Å². The van der Waals surface area contributed by atoms with Crippen LogP contribution in [0.1, 0.15) is 27.7 Å². The van der Waals surface area contributed by atoms with E-state index in [2.05, 4.69) is 15.7 Å². The lowest BCUT2D eigenvalue weighted by Crippen LogP contribution is -2.41. The Labute approximate surface area is 200 Å². The summed E-state index contributed by atoms with van der Waals surface area (Å²) in [6.45, 7) is 0.143. The normalized spacial score (nSPS) is 11.5. The fourth-order valence-electron chi connectivity index (χ4n) is 3.55. The van der Waals surface area contributed by atoms with Gasteiger partial charge in [0.1, 0.15) is 0 Å². The summed E-state index contributed by atoms with van der Waals surface area (Å²) in [5.41, 5.74) is 0.704. The molecule has 0 aliphatic rings. The van der Waals surface area contributed by atoms with Gasteiger partial charge >= 0.3 is 12.0 Å². The molecule has 0 aliphatic carbocycles. The molecule has 3 amide bonds. The predicted molar refractivity (Wildman–Crippen MR) is 129 cm³/mol. The SMILES string of the molecule is CNC(=O)NC(=O)C(OC(=O)c1nn(Cc2ccccc2)c(=O)c2ccccc12)c1ccccc1. The molecule has 0 saturated carbocycles. The van der Waals surface area contributed by atoms with Crippen LogP contribution < -0.4 is 16.2 Å². The molecule has 0 saturated heterocycles. The van der Waals surface area contributed by atoms with Crippen LogP contribution in [-0.4, -0.2) is 34.7 Å². The van der Waals surface area contributed by atoms with E-state index in [9.17, 15) is 19.2 Å². The average Bonchev–Trinajstić information content (AvgIpc) is 2.89. The third-order valence-electron chi connectivity index (χ3n) is 5.27. The molecule has 0 fully saturated rings. The van der Waals surface area contributed by atoms with E-state index >= 15 is 0 Å². The standard InChI is InChI=1S/C26H22N4O5/c1-27-26(34)28-23(31)22(18-12-6-3-7-13-18)35-25(33)21-19-14-8-9-15-20(19)24(32)30(29-21)16-17-10-4-2-5-11-17/h2-15,22H,16H2,1H3,(H2,27,28,31,34). The molecule has 0 bridgehead atoms. The number of carbonyl (C=O) groups excluding carboxylic acids is 3. The summed E-state index contributed by atoms with van der Waals surface area (Å²) in [7, 11) is 1.36. The van der Waals surface area contributed by atoms with E-state index in [-0.39, 0.29) is 23.2 Å². The Bertz CT molecular complexity index is 1430. The van der Waals surface area contributed by atoms with Crippen molar-refractivity contribution in [3.63, 3.8) is 0 Å². The number of ether oxygens (including phenoxy) is 1. The van der Waals surface area contributed by atoms with Gasteiger partial charge < -0.3 is 10.1 Å². The van der Waals surface area contributed by atoms with E-state index in [0.717, 1.165) is 5.56 Å². The van der Waals surface area contributed by atoms with Gasteiger partial charge in [0.05, 0.1) is 11.9 Å². The topological polar surface area (TPSA) is 119 Å². The number of hydrogen-bond donors (Lipinski definition) is 2. The van der Waals surface area contributed by atoms with Gasteiger partial charge in [-0.3, -0.25) is 14.9 Å². The lowest BCUT2D eigenvalue weighted by Gasteiger charge is -2.18. The number of carbonyl (C=O) groups is 3. The van der Waals surface area contributed by atoms with Crippen LogP contribution in [0.5, 0.6) is 0 Å². The Kier molecular flexibility index (Phi) is 6.96. The number of nitrogens with zero attached hydrogens (tertiary/aromatic N) is 2. The molecule has 9 heteroatoms. The Morgan fingerprint density at radius 1 is 0.886 bits per heavy atom. The van der Waals surface area contributed by atoms with Gasteiger partial charge in [0.15, 0.2) is 5.69 Å². The molecule has 176 valence electrons. The van der Waals surface area contributed by atoms with E-state index < -0.39 is 24.0 Å². The minimum atomic E-state index is -1.42. The van der Waals surface area contributed by atoms with E-state index in [1.54, 1.807) is 54.6 Å². The van der Waals surface area contributed by atoms with Gasteiger partial charge in [-0.25, -0.2) is 14.3 Å². The molecule has 9 nitrogen and oxygen atoms in total. The third kappa shape index (κ3) is 5.25. The number of aromatic nitrogens is 2. The number of fused-ring (bicyclic) bond motifs is 1. The molecule has 1 atom stereocenters. The van der Waals surface area contributed by atoms with Crippen LogP contribution in [0, 0.1) is 0 Å². The third-order valence-corrected chi connectivity index (χ3v) is 5.27. The van der Waals surface area contributed by atoms with E-state index in [1.165, 1.54) is 11.7 Å². The first-order chi connectivity index (χ1) is 17.0. The van der Waals surface area contributed by atoms with Crippen LogP contribution in [-0.2, 0) is 16.1 Å².